The third-order valence-electron chi connectivity index (χ3n) is 4.35. The van der Waals surface area contributed by atoms with Crippen molar-refractivity contribution in [3.05, 3.63) is 24.3 Å². The van der Waals surface area contributed by atoms with Crippen LogP contribution in [0.4, 0.5) is 0 Å². The van der Waals surface area contributed by atoms with Gasteiger partial charge in [-0.25, -0.2) is 0 Å². The van der Waals surface area contributed by atoms with Gasteiger partial charge in [0, 0.05) is 12.8 Å². The summed E-state index contributed by atoms with van der Waals surface area (Å²) in [7, 11) is 1.18. The Hall–Kier alpha value is -2.24. The number of ether oxygens (including phenoxy) is 2. The number of rotatable bonds is 3. The Kier molecular flexibility index (Phi) is 4.30. The minimum Gasteiger partial charge on any atom is -0.468 e. The van der Waals surface area contributed by atoms with Gasteiger partial charge in [0.05, 0.1) is 19.6 Å². The summed E-state index contributed by atoms with van der Waals surface area (Å²) in [5, 5.41) is 0. The van der Waals surface area contributed by atoms with E-state index in [1.165, 1.54) is 20.1 Å². The summed E-state index contributed by atoms with van der Waals surface area (Å²) >= 11 is 0. The summed E-state index contributed by atoms with van der Waals surface area (Å²) in [5.74, 6) is -3.95. The first-order valence-electron chi connectivity index (χ1n) is 7.02. The molecule has 0 radical (unpaired) electrons. The number of carbonyl (C=O) groups excluding carboxylic acids is 4. The minimum absolute atomic E-state index is 0.156. The van der Waals surface area contributed by atoms with Gasteiger partial charge in [-0.1, -0.05) is 19.1 Å². The molecule has 118 valence electrons. The van der Waals surface area contributed by atoms with Crippen molar-refractivity contribution in [2.75, 3.05) is 13.7 Å². The standard InChI is InChI=1S/C16H18O6/c1-9-4-5-11(8-22-10(2)17)16(15(20)21-3)13(19)7-6-12(18)14(9)16/h4-7,9,11,14H,8H2,1-3H3/t9-,11-,14?,16+/m1/s1. The van der Waals surface area contributed by atoms with E-state index in [0.29, 0.717) is 0 Å². The molecular formula is C16H18O6. The average molecular weight is 306 g/mol. The zero-order valence-electron chi connectivity index (χ0n) is 12.7. The quantitative estimate of drug-likeness (QED) is 0.436. The van der Waals surface area contributed by atoms with Crippen molar-refractivity contribution in [2.24, 2.45) is 23.2 Å². The van der Waals surface area contributed by atoms with Gasteiger partial charge < -0.3 is 9.47 Å². The molecule has 2 aliphatic carbocycles. The van der Waals surface area contributed by atoms with E-state index in [1.807, 2.05) is 0 Å². The maximum absolute atomic E-state index is 12.6. The molecule has 0 bridgehead atoms. The number of fused-ring (bicyclic) bond motifs is 1. The molecule has 0 saturated carbocycles. The van der Waals surface area contributed by atoms with Gasteiger partial charge in [-0.2, -0.15) is 0 Å². The van der Waals surface area contributed by atoms with Gasteiger partial charge in [-0.3, -0.25) is 19.2 Å². The first-order chi connectivity index (χ1) is 10.4. The smallest absolute Gasteiger partial charge is 0.321 e. The fourth-order valence-electron chi connectivity index (χ4n) is 3.38. The predicted molar refractivity (Wildman–Crippen MR) is 75.5 cm³/mol. The molecule has 1 unspecified atom stereocenters. The van der Waals surface area contributed by atoms with Crippen molar-refractivity contribution in [2.45, 2.75) is 13.8 Å². The Bertz CT molecular complexity index is 587. The zero-order chi connectivity index (χ0) is 16.5. The third-order valence-corrected chi connectivity index (χ3v) is 4.35. The fourth-order valence-corrected chi connectivity index (χ4v) is 3.38. The normalized spacial score (nSPS) is 33.3. The van der Waals surface area contributed by atoms with Crippen molar-refractivity contribution >= 4 is 23.5 Å². The van der Waals surface area contributed by atoms with E-state index in [1.54, 1.807) is 19.1 Å². The molecule has 0 aromatic heterocycles. The van der Waals surface area contributed by atoms with Crippen molar-refractivity contribution in [3.63, 3.8) is 0 Å². The molecule has 6 nitrogen and oxygen atoms in total. The van der Waals surface area contributed by atoms with Crippen LogP contribution >= 0.6 is 0 Å². The Balaban J connectivity index is 2.57. The highest BCUT2D eigenvalue weighted by atomic mass is 16.5. The highest BCUT2D eigenvalue weighted by Gasteiger charge is 2.62. The first-order valence-corrected chi connectivity index (χ1v) is 7.02. The summed E-state index contributed by atoms with van der Waals surface area (Å²) in [6.07, 6.45) is 5.74. The van der Waals surface area contributed by atoms with E-state index in [0.717, 1.165) is 6.08 Å². The lowest BCUT2D eigenvalue weighted by Crippen LogP contribution is -2.59. The van der Waals surface area contributed by atoms with Crippen LogP contribution in [-0.4, -0.2) is 37.2 Å². The summed E-state index contributed by atoms with van der Waals surface area (Å²) < 4.78 is 9.82. The Morgan fingerprint density at radius 1 is 1.23 bits per heavy atom. The highest BCUT2D eigenvalue weighted by molar-refractivity contribution is 6.19. The summed E-state index contributed by atoms with van der Waals surface area (Å²) in [4.78, 5) is 48.4. The number of carbonyl (C=O) groups is 4. The van der Waals surface area contributed by atoms with Gasteiger partial charge in [-0.15, -0.1) is 0 Å². The lowest BCUT2D eigenvalue weighted by Gasteiger charge is -2.45. The maximum Gasteiger partial charge on any atom is 0.321 e. The van der Waals surface area contributed by atoms with Gasteiger partial charge in [-0.05, 0) is 18.1 Å². The van der Waals surface area contributed by atoms with Gasteiger partial charge in [0.25, 0.3) is 0 Å². The van der Waals surface area contributed by atoms with Crippen LogP contribution in [0.25, 0.3) is 0 Å². The SMILES string of the molecule is COC(=O)[C@@]12C(=O)C=CC(=O)C1[C@H](C)C=C[C@@H]2COC(C)=O. The van der Waals surface area contributed by atoms with Crippen LogP contribution in [0, 0.1) is 23.2 Å². The van der Waals surface area contributed by atoms with E-state index in [9.17, 15) is 19.2 Å². The molecule has 0 N–H and O–H groups in total. The van der Waals surface area contributed by atoms with E-state index in [-0.39, 0.29) is 18.3 Å². The second-order valence-corrected chi connectivity index (χ2v) is 5.59. The minimum atomic E-state index is -1.66. The second-order valence-electron chi connectivity index (χ2n) is 5.59. The van der Waals surface area contributed by atoms with Crippen LogP contribution in [0.5, 0.6) is 0 Å². The Morgan fingerprint density at radius 3 is 2.50 bits per heavy atom. The molecule has 0 heterocycles. The zero-order valence-corrected chi connectivity index (χ0v) is 12.7. The van der Waals surface area contributed by atoms with Crippen LogP contribution in [0.2, 0.25) is 0 Å². The first kappa shape index (κ1) is 16.1. The van der Waals surface area contributed by atoms with Crippen molar-refractivity contribution in [1.82, 2.24) is 0 Å². The average Bonchev–Trinajstić information content (AvgIpc) is 2.48. The molecule has 0 amide bonds. The molecule has 0 aromatic rings. The van der Waals surface area contributed by atoms with E-state index < -0.39 is 35.0 Å². The molecule has 0 aromatic carbocycles. The summed E-state index contributed by atoms with van der Waals surface area (Å²) in [6, 6.07) is 0. The van der Waals surface area contributed by atoms with Crippen LogP contribution in [0.1, 0.15) is 13.8 Å². The molecule has 4 atom stereocenters. The fraction of sp³-hybridized carbons (Fsp3) is 0.500. The van der Waals surface area contributed by atoms with Crippen molar-refractivity contribution in [1.29, 1.82) is 0 Å². The Labute approximate surface area is 128 Å². The lowest BCUT2D eigenvalue weighted by atomic mass is 9.54. The van der Waals surface area contributed by atoms with Crippen LogP contribution in [0.15, 0.2) is 24.3 Å². The number of esters is 2. The molecule has 2 aliphatic rings. The molecule has 0 fully saturated rings. The van der Waals surface area contributed by atoms with Gasteiger partial charge in [0.15, 0.2) is 17.0 Å². The molecule has 2 rings (SSSR count). The van der Waals surface area contributed by atoms with Gasteiger partial charge >= 0.3 is 11.9 Å². The van der Waals surface area contributed by atoms with E-state index in [2.05, 4.69) is 0 Å². The largest absolute Gasteiger partial charge is 0.468 e. The van der Waals surface area contributed by atoms with Crippen molar-refractivity contribution < 1.29 is 28.7 Å². The summed E-state index contributed by atoms with van der Waals surface area (Å²) in [6.45, 7) is 2.85. The third kappa shape index (κ3) is 2.28. The van der Waals surface area contributed by atoms with Crippen LogP contribution in [0.3, 0.4) is 0 Å². The topological polar surface area (TPSA) is 86.7 Å². The predicted octanol–water partition coefficient (Wildman–Crippen LogP) is 0.855. The maximum atomic E-state index is 12.6. The van der Waals surface area contributed by atoms with E-state index >= 15 is 0 Å². The number of allylic oxidation sites excluding steroid dienone is 3. The number of ketones is 2. The van der Waals surface area contributed by atoms with Crippen LogP contribution < -0.4 is 0 Å². The Morgan fingerprint density at radius 2 is 1.91 bits per heavy atom. The molecule has 0 spiro atoms. The highest BCUT2D eigenvalue weighted by Crippen LogP contribution is 2.49. The molecule has 6 heteroatoms. The lowest BCUT2D eigenvalue weighted by molar-refractivity contribution is -0.172. The van der Waals surface area contributed by atoms with Gasteiger partial charge in [0.2, 0.25) is 0 Å². The molecule has 0 saturated heterocycles. The number of hydrogen-bond acceptors (Lipinski definition) is 6. The molecular weight excluding hydrogens is 288 g/mol. The second kappa shape index (κ2) is 5.87. The van der Waals surface area contributed by atoms with Crippen molar-refractivity contribution in [3.8, 4) is 0 Å². The molecule has 22 heavy (non-hydrogen) atoms. The summed E-state index contributed by atoms with van der Waals surface area (Å²) in [5.41, 5.74) is -1.66. The molecule has 0 aliphatic heterocycles. The number of hydrogen-bond donors (Lipinski definition) is 0. The monoisotopic (exact) mass is 306 g/mol. The number of methoxy groups -OCH3 is 1. The van der Waals surface area contributed by atoms with Gasteiger partial charge in [0.1, 0.15) is 0 Å². The van der Waals surface area contributed by atoms with Crippen LogP contribution in [-0.2, 0) is 28.7 Å². The van der Waals surface area contributed by atoms with E-state index in [4.69, 9.17) is 9.47 Å².